The van der Waals surface area contributed by atoms with E-state index in [0.29, 0.717) is 6.42 Å². The third-order valence-electron chi connectivity index (χ3n) is 4.52. The minimum Gasteiger partial charge on any atom is -0.388 e. The van der Waals surface area contributed by atoms with E-state index in [4.69, 9.17) is 4.74 Å². The lowest BCUT2D eigenvalue weighted by Crippen LogP contribution is -2.64. The van der Waals surface area contributed by atoms with E-state index in [2.05, 4.69) is 6.92 Å². The molecule has 4 N–H and O–H groups in total. The van der Waals surface area contributed by atoms with Crippen LogP contribution in [0, 0.1) is 0 Å². The van der Waals surface area contributed by atoms with Crippen molar-refractivity contribution in [1.82, 2.24) is 0 Å². The van der Waals surface area contributed by atoms with Gasteiger partial charge in [-0.15, -0.1) is 0 Å². The summed E-state index contributed by atoms with van der Waals surface area (Å²) in [5.74, 6) is -2.34. The maximum absolute atomic E-state index is 12.0. The normalized spacial score (nSPS) is 34.5. The Morgan fingerprint density at radius 3 is 2.17 bits per heavy atom. The van der Waals surface area contributed by atoms with E-state index in [9.17, 15) is 25.2 Å². The molecule has 1 aliphatic heterocycles. The minimum absolute atomic E-state index is 0.212. The summed E-state index contributed by atoms with van der Waals surface area (Å²) in [7, 11) is 0. The molecule has 1 fully saturated rings. The molecule has 23 heavy (non-hydrogen) atoms. The van der Waals surface area contributed by atoms with Gasteiger partial charge in [0.05, 0.1) is 12.5 Å². The van der Waals surface area contributed by atoms with Gasteiger partial charge < -0.3 is 25.2 Å². The summed E-state index contributed by atoms with van der Waals surface area (Å²) < 4.78 is 5.19. The predicted molar refractivity (Wildman–Crippen MR) is 85.8 cm³/mol. The van der Waals surface area contributed by atoms with Gasteiger partial charge in [0.1, 0.15) is 24.1 Å². The lowest BCUT2D eigenvalue weighted by atomic mass is 9.89. The maximum Gasteiger partial charge on any atom is 0.202 e. The fourth-order valence-corrected chi connectivity index (χ4v) is 2.99. The van der Waals surface area contributed by atoms with Crippen LogP contribution in [0.3, 0.4) is 0 Å². The average molecular weight is 332 g/mol. The SMILES string of the molecule is CCCCCCCCCC(=O)C[C@]1(O)O[C@@H](C)[C@@H](O)[C@@H](O)[C@@H]1O. The van der Waals surface area contributed by atoms with E-state index in [1.165, 1.54) is 32.6 Å². The molecule has 6 heteroatoms. The largest absolute Gasteiger partial charge is 0.388 e. The number of unbranched alkanes of at least 4 members (excludes halogenated alkanes) is 6. The van der Waals surface area contributed by atoms with Crippen molar-refractivity contribution in [3.8, 4) is 0 Å². The number of aliphatic hydroxyl groups is 4. The molecular formula is C17H32O6. The Labute approximate surface area is 138 Å². The van der Waals surface area contributed by atoms with Crippen LogP contribution in [0.25, 0.3) is 0 Å². The van der Waals surface area contributed by atoms with Gasteiger partial charge in [-0.25, -0.2) is 0 Å². The molecule has 0 bridgehead atoms. The van der Waals surface area contributed by atoms with Crippen molar-refractivity contribution in [2.24, 2.45) is 0 Å². The van der Waals surface area contributed by atoms with Crippen LogP contribution in [0.4, 0.5) is 0 Å². The molecule has 0 amide bonds. The molecule has 6 nitrogen and oxygen atoms in total. The Bertz CT molecular complexity index is 361. The molecule has 0 aromatic heterocycles. The van der Waals surface area contributed by atoms with Crippen LogP contribution in [-0.2, 0) is 9.53 Å². The molecule has 1 rings (SSSR count). The standard InChI is InChI=1S/C17H32O6/c1-3-4-5-6-7-8-9-10-13(18)11-17(22)16(21)15(20)14(19)12(2)23-17/h12,14-16,19-22H,3-11H2,1-2H3/t12-,14+,15+,16-,17-/m0/s1. The van der Waals surface area contributed by atoms with Crippen molar-refractivity contribution in [1.29, 1.82) is 0 Å². The Kier molecular flexibility index (Phi) is 8.64. The number of ketones is 1. The Morgan fingerprint density at radius 1 is 1.00 bits per heavy atom. The fourth-order valence-electron chi connectivity index (χ4n) is 2.99. The number of hydrogen-bond acceptors (Lipinski definition) is 6. The number of Topliss-reactive ketones (excluding diaryl/α,β-unsaturated/α-hetero) is 1. The highest BCUT2D eigenvalue weighted by atomic mass is 16.7. The third-order valence-corrected chi connectivity index (χ3v) is 4.52. The molecule has 5 atom stereocenters. The predicted octanol–water partition coefficient (Wildman–Crippen LogP) is 1.28. The molecular weight excluding hydrogens is 300 g/mol. The fraction of sp³-hybridized carbons (Fsp3) is 0.941. The van der Waals surface area contributed by atoms with Crippen LogP contribution < -0.4 is 0 Å². The summed E-state index contributed by atoms with van der Waals surface area (Å²) in [5, 5.41) is 39.5. The van der Waals surface area contributed by atoms with Crippen LogP contribution in [0.5, 0.6) is 0 Å². The second kappa shape index (κ2) is 9.69. The summed E-state index contributed by atoms with van der Waals surface area (Å²) in [5.41, 5.74) is 0. The lowest BCUT2D eigenvalue weighted by molar-refractivity contribution is -0.341. The smallest absolute Gasteiger partial charge is 0.202 e. The van der Waals surface area contributed by atoms with E-state index in [-0.39, 0.29) is 12.2 Å². The Balaban J connectivity index is 2.32. The molecule has 0 unspecified atom stereocenters. The highest BCUT2D eigenvalue weighted by Crippen LogP contribution is 2.31. The van der Waals surface area contributed by atoms with Gasteiger partial charge in [0, 0.05) is 6.42 Å². The summed E-state index contributed by atoms with van der Waals surface area (Å²) in [6.45, 7) is 3.65. The highest BCUT2D eigenvalue weighted by molar-refractivity contribution is 5.79. The first kappa shape index (κ1) is 20.5. The van der Waals surface area contributed by atoms with Crippen LogP contribution >= 0.6 is 0 Å². The highest BCUT2D eigenvalue weighted by Gasteiger charge is 2.52. The van der Waals surface area contributed by atoms with Gasteiger partial charge in [0.15, 0.2) is 0 Å². The van der Waals surface area contributed by atoms with Gasteiger partial charge in [-0.05, 0) is 13.3 Å². The van der Waals surface area contributed by atoms with Crippen LogP contribution in [0.2, 0.25) is 0 Å². The first-order valence-electron chi connectivity index (χ1n) is 8.78. The first-order valence-corrected chi connectivity index (χ1v) is 8.78. The zero-order valence-corrected chi connectivity index (χ0v) is 14.3. The molecule has 1 saturated heterocycles. The van der Waals surface area contributed by atoms with Gasteiger partial charge in [-0.1, -0.05) is 45.4 Å². The average Bonchev–Trinajstić information content (AvgIpc) is 2.50. The van der Waals surface area contributed by atoms with Gasteiger partial charge >= 0.3 is 0 Å². The van der Waals surface area contributed by atoms with Crippen molar-refractivity contribution in [3.05, 3.63) is 0 Å². The molecule has 136 valence electrons. The number of carbonyl (C=O) groups is 1. The topological polar surface area (TPSA) is 107 Å². The van der Waals surface area contributed by atoms with Crippen LogP contribution in [-0.4, -0.2) is 56.4 Å². The van der Waals surface area contributed by atoms with Crippen molar-refractivity contribution >= 4 is 5.78 Å². The summed E-state index contributed by atoms with van der Waals surface area (Å²) in [4.78, 5) is 12.0. The Hall–Kier alpha value is -0.530. The summed E-state index contributed by atoms with van der Waals surface area (Å²) in [6.07, 6.45) is 2.22. The van der Waals surface area contributed by atoms with E-state index in [1.807, 2.05) is 0 Å². The number of hydrogen-bond donors (Lipinski definition) is 4. The van der Waals surface area contributed by atoms with E-state index < -0.39 is 30.2 Å². The Morgan fingerprint density at radius 2 is 1.57 bits per heavy atom. The molecule has 0 aromatic rings. The molecule has 0 saturated carbocycles. The summed E-state index contributed by atoms with van der Waals surface area (Å²) >= 11 is 0. The number of rotatable bonds is 10. The zero-order valence-electron chi connectivity index (χ0n) is 14.3. The quantitative estimate of drug-likeness (QED) is 0.449. The number of carbonyl (C=O) groups excluding carboxylic acids is 1. The van der Waals surface area contributed by atoms with Crippen molar-refractivity contribution in [2.45, 2.75) is 102 Å². The lowest BCUT2D eigenvalue weighted by Gasteiger charge is -2.44. The molecule has 0 radical (unpaired) electrons. The monoisotopic (exact) mass is 332 g/mol. The van der Waals surface area contributed by atoms with Crippen molar-refractivity contribution in [3.63, 3.8) is 0 Å². The third kappa shape index (κ3) is 6.12. The minimum atomic E-state index is -2.13. The van der Waals surface area contributed by atoms with E-state index in [1.54, 1.807) is 0 Å². The molecule has 0 spiro atoms. The zero-order chi connectivity index (χ0) is 17.5. The van der Waals surface area contributed by atoms with Gasteiger partial charge in [0.2, 0.25) is 5.79 Å². The van der Waals surface area contributed by atoms with Crippen LogP contribution in [0.15, 0.2) is 0 Å². The van der Waals surface area contributed by atoms with Gasteiger partial charge in [0.25, 0.3) is 0 Å². The summed E-state index contributed by atoms with van der Waals surface area (Å²) in [6, 6.07) is 0. The van der Waals surface area contributed by atoms with Crippen LogP contribution in [0.1, 0.15) is 71.6 Å². The number of aliphatic hydroxyl groups excluding tert-OH is 3. The number of ether oxygens (including phenoxy) is 1. The molecule has 0 aromatic carbocycles. The van der Waals surface area contributed by atoms with Gasteiger partial charge in [-0.2, -0.15) is 0 Å². The molecule has 0 aliphatic carbocycles. The van der Waals surface area contributed by atoms with Crippen molar-refractivity contribution in [2.75, 3.05) is 0 Å². The molecule has 1 aliphatic rings. The maximum atomic E-state index is 12.0. The molecule has 1 heterocycles. The second-order valence-electron chi connectivity index (χ2n) is 6.68. The van der Waals surface area contributed by atoms with E-state index >= 15 is 0 Å². The first-order chi connectivity index (χ1) is 10.8. The second-order valence-corrected chi connectivity index (χ2v) is 6.68. The van der Waals surface area contributed by atoms with Crippen molar-refractivity contribution < 1.29 is 30.0 Å². The van der Waals surface area contributed by atoms with E-state index in [0.717, 1.165) is 19.3 Å². The van der Waals surface area contributed by atoms with Gasteiger partial charge in [-0.3, -0.25) is 4.79 Å².